The number of anilines is 1. The Labute approximate surface area is 138 Å². The zero-order chi connectivity index (χ0) is 15.6. The molecule has 1 saturated heterocycles. The minimum Gasteiger partial charge on any atom is -0.371 e. The minimum atomic E-state index is 0.0877. The van der Waals surface area contributed by atoms with Crippen LogP contribution in [0.1, 0.15) is 58.6 Å². The number of nitrogens with two attached hydrogens (primary N) is 1. The van der Waals surface area contributed by atoms with Gasteiger partial charge in [0.05, 0.1) is 5.69 Å². The molecule has 118 valence electrons. The second kappa shape index (κ2) is 6.70. The third-order valence-corrected chi connectivity index (χ3v) is 5.43. The molecule has 0 amide bonds. The van der Waals surface area contributed by atoms with Gasteiger partial charge < -0.3 is 10.6 Å². The Bertz CT molecular complexity index is 477. The van der Waals surface area contributed by atoms with E-state index in [2.05, 4.69) is 59.8 Å². The average Bonchev–Trinajstić information content (AvgIpc) is 2.63. The topological polar surface area (TPSA) is 29.3 Å². The van der Waals surface area contributed by atoms with Gasteiger partial charge in [-0.3, -0.25) is 0 Å². The van der Waals surface area contributed by atoms with Crippen LogP contribution in [0.2, 0.25) is 0 Å². The molecular formula is C18H29BrN2. The highest BCUT2D eigenvalue weighted by atomic mass is 79.9. The first-order valence-corrected chi connectivity index (χ1v) is 8.88. The molecule has 1 heterocycles. The Balaban J connectivity index is 2.12. The van der Waals surface area contributed by atoms with Crippen molar-refractivity contribution in [1.29, 1.82) is 0 Å². The zero-order valence-electron chi connectivity index (χ0n) is 13.8. The van der Waals surface area contributed by atoms with Gasteiger partial charge in [-0.05, 0) is 71.1 Å². The van der Waals surface area contributed by atoms with Gasteiger partial charge in [-0.2, -0.15) is 0 Å². The molecule has 2 N–H and O–H groups in total. The first-order chi connectivity index (χ1) is 9.79. The molecule has 1 aromatic rings. The van der Waals surface area contributed by atoms with Crippen LogP contribution in [0.25, 0.3) is 0 Å². The molecule has 1 unspecified atom stereocenters. The summed E-state index contributed by atoms with van der Waals surface area (Å²) in [6.45, 7) is 11.5. The first-order valence-electron chi connectivity index (χ1n) is 8.09. The van der Waals surface area contributed by atoms with E-state index in [1.165, 1.54) is 35.0 Å². The standard InChI is InChI=1S/C18H29BrN2/c1-13(20)14-7-8-17(16(19)12-14)21-10-5-6-15(9-11-21)18(2,3)4/h7-8,12-13,15H,5-6,9-11,20H2,1-4H3/t13-,15?/m0/s1. The first kappa shape index (κ1) is 16.8. The van der Waals surface area contributed by atoms with Gasteiger partial charge in [0, 0.05) is 23.6 Å². The van der Waals surface area contributed by atoms with Gasteiger partial charge in [0.25, 0.3) is 0 Å². The summed E-state index contributed by atoms with van der Waals surface area (Å²) in [5.74, 6) is 0.824. The quantitative estimate of drug-likeness (QED) is 0.799. The summed E-state index contributed by atoms with van der Waals surface area (Å²) < 4.78 is 1.17. The smallest absolute Gasteiger partial charge is 0.0510 e. The average molecular weight is 353 g/mol. The summed E-state index contributed by atoms with van der Waals surface area (Å²) in [5.41, 5.74) is 8.89. The molecule has 21 heavy (non-hydrogen) atoms. The number of rotatable bonds is 2. The van der Waals surface area contributed by atoms with Crippen molar-refractivity contribution < 1.29 is 0 Å². The summed E-state index contributed by atoms with van der Waals surface area (Å²) in [6, 6.07) is 6.65. The number of benzene rings is 1. The molecule has 0 radical (unpaired) electrons. The third-order valence-electron chi connectivity index (χ3n) is 4.79. The van der Waals surface area contributed by atoms with Crippen LogP contribution >= 0.6 is 15.9 Å². The molecule has 1 aliphatic rings. The van der Waals surface area contributed by atoms with Gasteiger partial charge in [0.15, 0.2) is 0 Å². The summed E-state index contributed by atoms with van der Waals surface area (Å²) in [4.78, 5) is 2.53. The van der Waals surface area contributed by atoms with Crippen LogP contribution in [0.3, 0.4) is 0 Å². The maximum Gasteiger partial charge on any atom is 0.0510 e. The van der Waals surface area contributed by atoms with Crippen LogP contribution in [0.5, 0.6) is 0 Å². The van der Waals surface area contributed by atoms with Crippen molar-refractivity contribution in [3.8, 4) is 0 Å². The molecule has 0 spiro atoms. The van der Waals surface area contributed by atoms with Crippen molar-refractivity contribution in [1.82, 2.24) is 0 Å². The van der Waals surface area contributed by atoms with E-state index >= 15 is 0 Å². The summed E-state index contributed by atoms with van der Waals surface area (Å²) >= 11 is 3.73. The lowest BCUT2D eigenvalue weighted by Crippen LogP contribution is -2.26. The molecule has 2 atom stereocenters. The van der Waals surface area contributed by atoms with Crippen LogP contribution in [-0.4, -0.2) is 13.1 Å². The molecule has 0 saturated carbocycles. The van der Waals surface area contributed by atoms with Gasteiger partial charge in [0.1, 0.15) is 0 Å². The third kappa shape index (κ3) is 4.23. The Morgan fingerprint density at radius 3 is 2.52 bits per heavy atom. The second-order valence-corrected chi connectivity index (χ2v) is 8.33. The van der Waals surface area contributed by atoms with E-state index in [1.807, 2.05) is 6.92 Å². The summed E-state index contributed by atoms with van der Waals surface area (Å²) in [7, 11) is 0. The molecule has 3 heteroatoms. The maximum atomic E-state index is 5.97. The van der Waals surface area contributed by atoms with Crippen molar-refractivity contribution >= 4 is 21.6 Å². The predicted octanol–water partition coefficient (Wildman–Crippen LogP) is 5.12. The summed E-state index contributed by atoms with van der Waals surface area (Å²) in [6.07, 6.45) is 3.91. The van der Waals surface area contributed by atoms with E-state index in [4.69, 9.17) is 5.73 Å². The van der Waals surface area contributed by atoms with Crippen LogP contribution in [0, 0.1) is 11.3 Å². The highest BCUT2D eigenvalue weighted by molar-refractivity contribution is 9.10. The van der Waals surface area contributed by atoms with Crippen molar-refractivity contribution in [2.24, 2.45) is 17.1 Å². The van der Waals surface area contributed by atoms with Crippen LogP contribution in [-0.2, 0) is 0 Å². The highest BCUT2D eigenvalue weighted by Gasteiger charge is 2.27. The van der Waals surface area contributed by atoms with Crippen LogP contribution in [0.15, 0.2) is 22.7 Å². The van der Waals surface area contributed by atoms with E-state index in [-0.39, 0.29) is 6.04 Å². The molecule has 0 bridgehead atoms. The summed E-state index contributed by atoms with van der Waals surface area (Å²) in [5, 5.41) is 0. The van der Waals surface area contributed by atoms with Gasteiger partial charge in [-0.1, -0.05) is 26.8 Å². The fraction of sp³-hybridized carbons (Fsp3) is 0.667. The Morgan fingerprint density at radius 2 is 1.95 bits per heavy atom. The molecule has 1 fully saturated rings. The van der Waals surface area contributed by atoms with E-state index < -0.39 is 0 Å². The van der Waals surface area contributed by atoms with Crippen molar-refractivity contribution in [3.63, 3.8) is 0 Å². The lowest BCUT2D eigenvalue weighted by molar-refractivity contribution is 0.220. The van der Waals surface area contributed by atoms with Gasteiger partial charge in [-0.25, -0.2) is 0 Å². The molecule has 0 aliphatic carbocycles. The van der Waals surface area contributed by atoms with E-state index in [0.29, 0.717) is 5.41 Å². The van der Waals surface area contributed by atoms with Crippen LogP contribution in [0.4, 0.5) is 5.69 Å². The number of nitrogens with zero attached hydrogens (tertiary/aromatic N) is 1. The Morgan fingerprint density at radius 1 is 1.24 bits per heavy atom. The lowest BCUT2D eigenvalue weighted by Gasteiger charge is -2.30. The van der Waals surface area contributed by atoms with E-state index in [9.17, 15) is 0 Å². The van der Waals surface area contributed by atoms with Crippen molar-refractivity contribution in [3.05, 3.63) is 28.2 Å². The minimum absolute atomic E-state index is 0.0877. The normalized spacial score (nSPS) is 22.0. The fourth-order valence-electron chi connectivity index (χ4n) is 3.27. The second-order valence-electron chi connectivity index (χ2n) is 7.48. The number of hydrogen-bond donors (Lipinski definition) is 1. The maximum absolute atomic E-state index is 5.97. The molecule has 2 rings (SSSR count). The van der Waals surface area contributed by atoms with Gasteiger partial charge in [0.2, 0.25) is 0 Å². The molecule has 2 nitrogen and oxygen atoms in total. The monoisotopic (exact) mass is 352 g/mol. The number of hydrogen-bond acceptors (Lipinski definition) is 2. The number of halogens is 1. The van der Waals surface area contributed by atoms with Gasteiger partial charge in [-0.15, -0.1) is 0 Å². The van der Waals surface area contributed by atoms with E-state index in [1.54, 1.807) is 0 Å². The molecule has 0 aromatic heterocycles. The van der Waals surface area contributed by atoms with Crippen molar-refractivity contribution in [2.75, 3.05) is 18.0 Å². The van der Waals surface area contributed by atoms with Crippen molar-refractivity contribution in [2.45, 2.75) is 53.0 Å². The SMILES string of the molecule is C[C@H](N)c1ccc(N2CCCC(C(C)(C)C)CC2)c(Br)c1. The highest BCUT2D eigenvalue weighted by Crippen LogP contribution is 2.37. The lowest BCUT2D eigenvalue weighted by atomic mass is 9.77. The predicted molar refractivity (Wildman–Crippen MR) is 95.8 cm³/mol. The fourth-order valence-corrected chi connectivity index (χ4v) is 3.91. The largest absolute Gasteiger partial charge is 0.371 e. The molecular weight excluding hydrogens is 324 g/mol. The molecule has 1 aliphatic heterocycles. The van der Waals surface area contributed by atoms with Crippen LogP contribution < -0.4 is 10.6 Å². The van der Waals surface area contributed by atoms with Gasteiger partial charge >= 0.3 is 0 Å². The Hall–Kier alpha value is -0.540. The Kier molecular flexibility index (Phi) is 5.37. The molecule has 1 aromatic carbocycles. The van der Waals surface area contributed by atoms with E-state index in [0.717, 1.165) is 19.0 Å². The zero-order valence-corrected chi connectivity index (χ0v) is 15.4.